The van der Waals surface area contributed by atoms with E-state index in [0.29, 0.717) is 37.5 Å². The molecule has 9 heteroatoms. The summed E-state index contributed by atoms with van der Waals surface area (Å²) in [6.45, 7) is 11.4. The third-order valence-electron chi connectivity index (χ3n) is 6.22. The van der Waals surface area contributed by atoms with Crippen LogP contribution in [-0.2, 0) is 22.4 Å². The molecule has 0 bridgehead atoms. The summed E-state index contributed by atoms with van der Waals surface area (Å²) >= 11 is 0. The fraction of sp³-hybridized carbons (Fsp3) is 0.594. The number of primary amides is 1. The molecular formula is C32H51N3O6. The highest BCUT2D eigenvalue weighted by molar-refractivity contribution is 5.76. The maximum absolute atomic E-state index is 10.7. The Hall–Kier alpha value is -2.69. The number of aliphatic hydroxyl groups excluding tert-OH is 2. The van der Waals surface area contributed by atoms with Crippen molar-refractivity contribution in [1.29, 1.82) is 0 Å². The zero-order valence-corrected chi connectivity index (χ0v) is 25.2. The Labute approximate surface area is 245 Å². The Bertz CT molecular complexity index is 964. The SMILES string of the molecule is CC(C)NCC(O)COc1ccc(CC(N)=O)cc1.CC(C)NCC(O)COc1ccc(CCOCC2CC2)cc1. The van der Waals surface area contributed by atoms with E-state index in [1.54, 1.807) is 24.3 Å². The predicted octanol–water partition coefficient (Wildman–Crippen LogP) is 2.85. The molecule has 0 saturated heterocycles. The zero-order valence-electron chi connectivity index (χ0n) is 25.2. The Balaban J connectivity index is 0.000000290. The molecule has 2 aromatic rings. The second-order valence-electron chi connectivity index (χ2n) is 11.3. The number of hydrogen-bond donors (Lipinski definition) is 5. The molecule has 0 spiro atoms. The second kappa shape index (κ2) is 19.4. The van der Waals surface area contributed by atoms with Crippen LogP contribution in [0.2, 0.25) is 0 Å². The molecule has 0 heterocycles. The van der Waals surface area contributed by atoms with E-state index >= 15 is 0 Å². The second-order valence-corrected chi connectivity index (χ2v) is 11.3. The van der Waals surface area contributed by atoms with Crippen LogP contribution >= 0.6 is 0 Å². The number of rotatable bonds is 19. The van der Waals surface area contributed by atoms with E-state index < -0.39 is 12.2 Å². The Morgan fingerprint density at radius 2 is 1.29 bits per heavy atom. The van der Waals surface area contributed by atoms with Crippen molar-refractivity contribution in [2.75, 3.05) is 39.5 Å². The Morgan fingerprint density at radius 1 is 0.829 bits per heavy atom. The quantitative estimate of drug-likeness (QED) is 0.162. The first-order valence-electron chi connectivity index (χ1n) is 14.7. The minimum absolute atomic E-state index is 0.223. The molecule has 230 valence electrons. The number of nitrogens with one attached hydrogen (secondary N) is 2. The van der Waals surface area contributed by atoms with E-state index in [2.05, 4.69) is 36.6 Å². The van der Waals surface area contributed by atoms with E-state index in [0.717, 1.165) is 36.9 Å². The fourth-order valence-electron chi connectivity index (χ4n) is 3.63. The van der Waals surface area contributed by atoms with Crippen LogP contribution in [0.1, 0.15) is 51.7 Å². The molecule has 9 nitrogen and oxygen atoms in total. The molecule has 6 N–H and O–H groups in total. The summed E-state index contributed by atoms with van der Waals surface area (Å²) in [5.74, 6) is 1.93. The van der Waals surface area contributed by atoms with E-state index in [-0.39, 0.29) is 18.9 Å². The van der Waals surface area contributed by atoms with Gasteiger partial charge in [0.05, 0.1) is 13.0 Å². The van der Waals surface area contributed by atoms with Crippen LogP contribution in [-0.4, -0.2) is 79.9 Å². The van der Waals surface area contributed by atoms with E-state index in [1.165, 1.54) is 18.4 Å². The number of hydrogen-bond acceptors (Lipinski definition) is 8. The van der Waals surface area contributed by atoms with Crippen molar-refractivity contribution >= 4 is 5.91 Å². The van der Waals surface area contributed by atoms with Gasteiger partial charge in [-0.25, -0.2) is 0 Å². The highest BCUT2D eigenvalue weighted by atomic mass is 16.5. The van der Waals surface area contributed by atoms with Crippen molar-refractivity contribution in [3.8, 4) is 11.5 Å². The molecule has 2 aromatic carbocycles. The minimum atomic E-state index is -0.548. The normalized spacial score (nSPS) is 14.3. The number of ether oxygens (including phenoxy) is 3. The van der Waals surface area contributed by atoms with Gasteiger partial charge < -0.3 is 40.8 Å². The van der Waals surface area contributed by atoms with Gasteiger partial charge in [0.15, 0.2) is 0 Å². The molecule has 1 amide bonds. The van der Waals surface area contributed by atoms with Crippen LogP contribution in [0.25, 0.3) is 0 Å². The monoisotopic (exact) mass is 573 g/mol. The molecule has 2 atom stereocenters. The van der Waals surface area contributed by atoms with Crippen LogP contribution in [0.4, 0.5) is 0 Å². The number of amides is 1. The first kappa shape index (κ1) is 34.5. The first-order valence-corrected chi connectivity index (χ1v) is 14.7. The van der Waals surface area contributed by atoms with Crippen molar-refractivity contribution in [2.45, 2.75) is 77.7 Å². The highest BCUT2D eigenvalue weighted by Gasteiger charge is 2.20. The molecule has 1 saturated carbocycles. The molecule has 1 aliphatic rings. The fourth-order valence-corrected chi connectivity index (χ4v) is 3.63. The molecule has 0 aromatic heterocycles. The zero-order chi connectivity index (χ0) is 30.0. The smallest absolute Gasteiger partial charge is 0.221 e. The van der Waals surface area contributed by atoms with Gasteiger partial charge in [-0.05, 0) is 60.6 Å². The summed E-state index contributed by atoms with van der Waals surface area (Å²) in [6, 6.07) is 15.9. The lowest BCUT2D eigenvalue weighted by atomic mass is 10.1. The number of aliphatic hydroxyl groups is 2. The molecule has 0 radical (unpaired) electrons. The largest absolute Gasteiger partial charge is 0.491 e. The van der Waals surface area contributed by atoms with Gasteiger partial charge in [0, 0.05) is 31.8 Å². The maximum atomic E-state index is 10.7. The first-order chi connectivity index (χ1) is 19.6. The van der Waals surface area contributed by atoms with Crippen molar-refractivity contribution in [1.82, 2.24) is 10.6 Å². The molecule has 2 unspecified atom stereocenters. The molecule has 41 heavy (non-hydrogen) atoms. The molecular weight excluding hydrogens is 522 g/mol. The van der Waals surface area contributed by atoms with Gasteiger partial charge in [-0.1, -0.05) is 52.0 Å². The third kappa shape index (κ3) is 17.7. The topological polar surface area (TPSA) is 135 Å². The molecule has 0 aliphatic heterocycles. The number of benzene rings is 2. The van der Waals surface area contributed by atoms with Crippen molar-refractivity contribution in [3.63, 3.8) is 0 Å². The van der Waals surface area contributed by atoms with Gasteiger partial charge in [-0.3, -0.25) is 4.79 Å². The van der Waals surface area contributed by atoms with Gasteiger partial charge in [0.2, 0.25) is 5.91 Å². The number of nitrogens with two attached hydrogens (primary N) is 1. The van der Waals surface area contributed by atoms with Crippen LogP contribution < -0.4 is 25.8 Å². The van der Waals surface area contributed by atoms with Gasteiger partial charge in [-0.15, -0.1) is 0 Å². The standard InChI is InChI=1S/C18H29NO3.C14H22N2O3/c1-14(2)19-11-17(20)13-22-18-7-5-15(6-8-18)9-10-21-12-16-3-4-16;1-10(2)16-8-12(17)9-19-13-5-3-11(4-6-13)7-14(15)18/h5-8,14,16-17,19-20H,3-4,9-13H2,1-2H3;3-6,10,12,16-17H,7-9H2,1-2H3,(H2,15,18). The summed E-state index contributed by atoms with van der Waals surface area (Å²) in [7, 11) is 0. The van der Waals surface area contributed by atoms with Crippen LogP contribution in [0.3, 0.4) is 0 Å². The summed E-state index contributed by atoms with van der Waals surface area (Å²) < 4.78 is 16.7. The molecule has 1 fully saturated rings. The predicted molar refractivity (Wildman–Crippen MR) is 162 cm³/mol. The van der Waals surface area contributed by atoms with Crippen molar-refractivity contribution in [3.05, 3.63) is 59.7 Å². The van der Waals surface area contributed by atoms with Crippen molar-refractivity contribution < 1.29 is 29.2 Å². The lowest BCUT2D eigenvalue weighted by Gasteiger charge is -2.15. The van der Waals surface area contributed by atoms with E-state index in [1.807, 2.05) is 26.0 Å². The highest BCUT2D eigenvalue weighted by Crippen LogP contribution is 2.28. The summed E-state index contributed by atoms with van der Waals surface area (Å²) in [5.41, 5.74) is 7.21. The van der Waals surface area contributed by atoms with E-state index in [4.69, 9.17) is 19.9 Å². The average Bonchev–Trinajstić information content (AvgIpc) is 3.77. The number of carbonyl (C=O) groups excluding carboxylic acids is 1. The Kier molecular flexibility index (Phi) is 16.4. The Morgan fingerprint density at radius 3 is 1.71 bits per heavy atom. The minimum Gasteiger partial charge on any atom is -0.491 e. The van der Waals surface area contributed by atoms with Gasteiger partial charge in [0.25, 0.3) is 0 Å². The summed E-state index contributed by atoms with van der Waals surface area (Å²) in [4.78, 5) is 10.7. The summed E-state index contributed by atoms with van der Waals surface area (Å²) in [5, 5.41) is 25.8. The lowest BCUT2D eigenvalue weighted by Crippen LogP contribution is -2.35. The van der Waals surface area contributed by atoms with Crippen LogP contribution in [0, 0.1) is 5.92 Å². The van der Waals surface area contributed by atoms with Crippen LogP contribution in [0.5, 0.6) is 11.5 Å². The van der Waals surface area contributed by atoms with Gasteiger partial charge in [-0.2, -0.15) is 0 Å². The molecule has 3 rings (SSSR count). The average molecular weight is 574 g/mol. The third-order valence-corrected chi connectivity index (χ3v) is 6.22. The number of carbonyl (C=O) groups is 1. The van der Waals surface area contributed by atoms with E-state index in [9.17, 15) is 15.0 Å². The van der Waals surface area contributed by atoms with Gasteiger partial charge in [0.1, 0.15) is 36.9 Å². The maximum Gasteiger partial charge on any atom is 0.221 e. The van der Waals surface area contributed by atoms with Crippen molar-refractivity contribution in [2.24, 2.45) is 11.7 Å². The van der Waals surface area contributed by atoms with Crippen LogP contribution in [0.15, 0.2) is 48.5 Å². The molecule has 1 aliphatic carbocycles. The lowest BCUT2D eigenvalue weighted by molar-refractivity contribution is -0.117. The summed E-state index contributed by atoms with van der Waals surface area (Å²) in [6.07, 6.45) is 2.80. The van der Waals surface area contributed by atoms with Gasteiger partial charge >= 0.3 is 0 Å².